The SMILES string of the molecule is O=C(CCCCl)NCCS(=O)(=O)Nc1ccn2nccc2c1. The molecule has 0 radical (unpaired) electrons. The van der Waals surface area contributed by atoms with Gasteiger partial charge in [-0.05, 0) is 24.6 Å². The predicted molar refractivity (Wildman–Crippen MR) is 85.6 cm³/mol. The quantitative estimate of drug-likeness (QED) is 0.704. The minimum absolute atomic E-state index is 0.0609. The van der Waals surface area contributed by atoms with Crippen molar-refractivity contribution >= 4 is 38.7 Å². The van der Waals surface area contributed by atoms with Crippen LogP contribution < -0.4 is 10.0 Å². The van der Waals surface area contributed by atoms with E-state index >= 15 is 0 Å². The van der Waals surface area contributed by atoms with Crippen molar-refractivity contribution in [1.82, 2.24) is 14.9 Å². The maximum Gasteiger partial charge on any atom is 0.234 e. The summed E-state index contributed by atoms with van der Waals surface area (Å²) in [6.07, 6.45) is 4.17. The molecule has 0 aromatic carbocycles. The standard InChI is InChI=1S/C13H17ClN4O3S/c14-5-1-2-13(19)15-7-9-22(20,21)17-11-4-8-18-12(10-11)3-6-16-18/h3-4,6,8,10,17H,1-2,5,7,9H2,(H,15,19). The van der Waals surface area contributed by atoms with Crippen molar-refractivity contribution in [2.24, 2.45) is 0 Å². The molecular formula is C13H17ClN4O3S. The Labute approximate surface area is 133 Å². The van der Waals surface area contributed by atoms with Crippen LogP contribution in [0.2, 0.25) is 0 Å². The molecule has 0 unspecified atom stereocenters. The number of halogens is 1. The number of rotatable bonds is 8. The van der Waals surface area contributed by atoms with Crippen molar-refractivity contribution in [1.29, 1.82) is 0 Å². The summed E-state index contributed by atoms with van der Waals surface area (Å²) in [5, 5.41) is 6.59. The van der Waals surface area contributed by atoms with Gasteiger partial charge in [0.25, 0.3) is 0 Å². The third-order valence-electron chi connectivity index (χ3n) is 2.90. The van der Waals surface area contributed by atoms with E-state index in [-0.39, 0.29) is 18.2 Å². The van der Waals surface area contributed by atoms with Gasteiger partial charge in [-0.1, -0.05) is 0 Å². The second-order valence-corrected chi connectivity index (χ2v) is 6.90. The molecule has 7 nitrogen and oxygen atoms in total. The molecule has 120 valence electrons. The molecule has 22 heavy (non-hydrogen) atoms. The fourth-order valence-electron chi connectivity index (χ4n) is 1.86. The zero-order valence-electron chi connectivity index (χ0n) is 11.8. The number of anilines is 1. The summed E-state index contributed by atoms with van der Waals surface area (Å²) >= 11 is 5.48. The van der Waals surface area contributed by atoms with Crippen LogP contribution in [0.1, 0.15) is 12.8 Å². The molecule has 1 amide bonds. The number of fused-ring (bicyclic) bond motifs is 1. The van der Waals surface area contributed by atoms with E-state index in [9.17, 15) is 13.2 Å². The Kier molecular flexibility index (Phi) is 5.62. The zero-order chi connectivity index (χ0) is 16.0. The Balaban J connectivity index is 1.86. The molecule has 2 N–H and O–H groups in total. The summed E-state index contributed by atoms with van der Waals surface area (Å²) in [5.41, 5.74) is 1.25. The van der Waals surface area contributed by atoms with Crippen LogP contribution in [0.5, 0.6) is 0 Å². The largest absolute Gasteiger partial charge is 0.355 e. The molecule has 2 aromatic rings. The number of pyridine rings is 1. The first-order chi connectivity index (χ1) is 10.5. The van der Waals surface area contributed by atoms with E-state index in [4.69, 9.17) is 11.6 Å². The van der Waals surface area contributed by atoms with Gasteiger partial charge in [-0.2, -0.15) is 5.10 Å². The predicted octanol–water partition coefficient (Wildman–Crippen LogP) is 1.21. The average molecular weight is 345 g/mol. The van der Waals surface area contributed by atoms with Crippen molar-refractivity contribution in [3.63, 3.8) is 0 Å². The Morgan fingerprint density at radius 3 is 2.95 bits per heavy atom. The maximum atomic E-state index is 12.0. The van der Waals surface area contributed by atoms with Crippen LogP contribution in [-0.4, -0.2) is 42.1 Å². The molecule has 0 aliphatic rings. The number of carbonyl (C=O) groups is 1. The Morgan fingerprint density at radius 1 is 1.36 bits per heavy atom. The van der Waals surface area contributed by atoms with Gasteiger partial charge in [-0.3, -0.25) is 9.52 Å². The fourth-order valence-corrected chi connectivity index (χ4v) is 2.95. The Hall–Kier alpha value is -1.80. The van der Waals surface area contributed by atoms with Crippen LogP contribution in [-0.2, 0) is 14.8 Å². The normalized spacial score (nSPS) is 11.5. The monoisotopic (exact) mass is 344 g/mol. The molecule has 0 bridgehead atoms. The van der Waals surface area contributed by atoms with Gasteiger partial charge < -0.3 is 5.32 Å². The van der Waals surface area contributed by atoms with Gasteiger partial charge in [0.2, 0.25) is 15.9 Å². The highest BCUT2D eigenvalue weighted by Gasteiger charge is 2.11. The smallest absolute Gasteiger partial charge is 0.234 e. The molecule has 0 aliphatic heterocycles. The van der Waals surface area contributed by atoms with Gasteiger partial charge in [0.05, 0.1) is 17.0 Å². The van der Waals surface area contributed by atoms with E-state index in [0.29, 0.717) is 24.4 Å². The second kappa shape index (κ2) is 7.46. The number of hydrogen-bond acceptors (Lipinski definition) is 4. The molecule has 0 spiro atoms. The number of nitrogens with one attached hydrogen (secondary N) is 2. The number of alkyl halides is 1. The minimum Gasteiger partial charge on any atom is -0.355 e. The van der Waals surface area contributed by atoms with E-state index in [1.807, 2.05) is 0 Å². The first-order valence-electron chi connectivity index (χ1n) is 6.77. The number of nitrogens with zero attached hydrogens (tertiary/aromatic N) is 2. The second-order valence-electron chi connectivity index (χ2n) is 4.68. The topological polar surface area (TPSA) is 92.6 Å². The van der Waals surface area contributed by atoms with Gasteiger partial charge >= 0.3 is 0 Å². The lowest BCUT2D eigenvalue weighted by Crippen LogP contribution is -2.31. The molecule has 0 fully saturated rings. The van der Waals surface area contributed by atoms with Crippen molar-refractivity contribution in [3.05, 3.63) is 30.6 Å². The van der Waals surface area contributed by atoms with E-state index in [0.717, 1.165) is 5.52 Å². The first-order valence-corrected chi connectivity index (χ1v) is 8.95. The van der Waals surface area contributed by atoms with E-state index < -0.39 is 10.0 Å². The number of sulfonamides is 1. The van der Waals surface area contributed by atoms with Gasteiger partial charge in [-0.15, -0.1) is 11.6 Å². The number of aromatic nitrogens is 2. The number of amides is 1. The average Bonchev–Trinajstić information content (AvgIpc) is 2.92. The molecule has 2 rings (SSSR count). The molecule has 0 aliphatic carbocycles. The highest BCUT2D eigenvalue weighted by molar-refractivity contribution is 7.92. The van der Waals surface area contributed by atoms with E-state index in [1.54, 1.807) is 35.1 Å². The van der Waals surface area contributed by atoms with Crippen LogP contribution >= 0.6 is 11.6 Å². The summed E-state index contributed by atoms with van der Waals surface area (Å²) in [6, 6.07) is 5.08. The molecule has 9 heteroatoms. The van der Waals surface area contributed by atoms with Crippen LogP contribution in [0, 0.1) is 0 Å². The molecule has 2 heterocycles. The summed E-state index contributed by atoms with van der Waals surface area (Å²) in [4.78, 5) is 11.4. The summed E-state index contributed by atoms with van der Waals surface area (Å²) < 4.78 is 28.0. The van der Waals surface area contributed by atoms with Crippen LogP contribution in [0.25, 0.3) is 5.52 Å². The van der Waals surface area contributed by atoms with Crippen molar-refractivity contribution < 1.29 is 13.2 Å². The van der Waals surface area contributed by atoms with Gasteiger partial charge in [0, 0.05) is 31.2 Å². The maximum absolute atomic E-state index is 12.0. The lowest BCUT2D eigenvalue weighted by molar-refractivity contribution is -0.120. The van der Waals surface area contributed by atoms with Gasteiger partial charge in [-0.25, -0.2) is 12.9 Å². The molecule has 2 aromatic heterocycles. The van der Waals surface area contributed by atoms with Crippen molar-refractivity contribution in [2.75, 3.05) is 22.9 Å². The first kappa shape index (κ1) is 16.6. The van der Waals surface area contributed by atoms with Crippen LogP contribution in [0.4, 0.5) is 5.69 Å². The molecule has 0 saturated carbocycles. The molecule has 0 atom stereocenters. The minimum atomic E-state index is -3.52. The third-order valence-corrected chi connectivity index (χ3v) is 4.46. The van der Waals surface area contributed by atoms with Crippen molar-refractivity contribution in [2.45, 2.75) is 12.8 Å². The van der Waals surface area contributed by atoms with E-state index in [1.165, 1.54) is 0 Å². The number of hydrogen-bond donors (Lipinski definition) is 2. The summed E-state index contributed by atoms with van der Waals surface area (Å²) in [6.45, 7) is 0.0609. The third kappa shape index (κ3) is 4.88. The molecule has 0 saturated heterocycles. The van der Waals surface area contributed by atoms with Crippen molar-refractivity contribution in [3.8, 4) is 0 Å². The zero-order valence-corrected chi connectivity index (χ0v) is 13.4. The summed E-state index contributed by atoms with van der Waals surface area (Å²) in [7, 11) is -3.52. The molecular weight excluding hydrogens is 328 g/mol. The van der Waals surface area contributed by atoms with E-state index in [2.05, 4.69) is 15.1 Å². The van der Waals surface area contributed by atoms with Gasteiger partial charge in [0.15, 0.2) is 0 Å². The Bertz CT molecular complexity index is 745. The van der Waals surface area contributed by atoms with Crippen LogP contribution in [0.15, 0.2) is 30.6 Å². The lowest BCUT2D eigenvalue weighted by atomic mass is 10.3. The fraction of sp³-hybridized carbons (Fsp3) is 0.385. The number of carbonyl (C=O) groups excluding carboxylic acids is 1. The highest BCUT2D eigenvalue weighted by Crippen LogP contribution is 2.12. The van der Waals surface area contributed by atoms with Crippen LogP contribution in [0.3, 0.4) is 0 Å². The highest BCUT2D eigenvalue weighted by atomic mass is 35.5. The van der Waals surface area contributed by atoms with Gasteiger partial charge in [0.1, 0.15) is 0 Å². The lowest BCUT2D eigenvalue weighted by Gasteiger charge is -2.09. The Morgan fingerprint density at radius 2 is 2.18 bits per heavy atom. The summed E-state index contributed by atoms with van der Waals surface area (Å²) in [5.74, 6) is 0.0190.